The lowest BCUT2D eigenvalue weighted by Gasteiger charge is -2.13. The second kappa shape index (κ2) is 8.28. The molecule has 0 unspecified atom stereocenters. The predicted octanol–water partition coefficient (Wildman–Crippen LogP) is 3.20. The van der Waals surface area contributed by atoms with E-state index in [0.717, 1.165) is 25.2 Å². The zero-order valence-electron chi connectivity index (χ0n) is 13.1. The van der Waals surface area contributed by atoms with Crippen molar-refractivity contribution >= 4 is 23.5 Å². The van der Waals surface area contributed by atoms with E-state index in [4.69, 9.17) is 16.6 Å². The number of nitrogens with one attached hydrogen (secondary N) is 3. The first-order valence-corrected chi connectivity index (χ1v) is 7.14. The summed E-state index contributed by atoms with van der Waals surface area (Å²) in [5.41, 5.74) is 4.47. The molecule has 130 valence electrons. The van der Waals surface area contributed by atoms with Crippen LogP contribution in [0, 0.1) is 16.7 Å². The molecule has 0 bridgehead atoms. The number of aldehydes is 1. The van der Waals surface area contributed by atoms with E-state index >= 15 is 0 Å². The van der Waals surface area contributed by atoms with Crippen molar-refractivity contribution in [1.82, 2.24) is 0 Å². The minimum Gasteiger partial charge on any atom is -0.388 e. The van der Waals surface area contributed by atoms with Crippen LogP contribution < -0.4 is 11.1 Å². The summed E-state index contributed by atoms with van der Waals surface area (Å²) in [6.45, 7) is 0. The van der Waals surface area contributed by atoms with Gasteiger partial charge in [0.1, 0.15) is 12.1 Å². The van der Waals surface area contributed by atoms with Crippen LogP contribution in [0.15, 0.2) is 30.4 Å². The van der Waals surface area contributed by atoms with Crippen molar-refractivity contribution in [3.8, 4) is 0 Å². The number of anilines is 1. The zero-order valence-corrected chi connectivity index (χ0v) is 13.1. The lowest BCUT2D eigenvalue weighted by molar-refractivity contribution is -0.137. The number of amidine groups is 1. The monoisotopic (exact) mass is 340 g/mol. The number of nitrogens with two attached hydrogens (primary N) is 1. The maximum absolute atomic E-state index is 12.7. The molecular weight excluding hydrogens is 321 g/mol. The smallest absolute Gasteiger partial charge is 0.388 e. The van der Waals surface area contributed by atoms with Gasteiger partial charge in [-0.3, -0.25) is 5.41 Å². The molecule has 5 nitrogen and oxygen atoms in total. The van der Waals surface area contributed by atoms with Gasteiger partial charge in [-0.1, -0.05) is 6.07 Å². The lowest BCUT2D eigenvalue weighted by atomic mass is 10.0. The molecule has 24 heavy (non-hydrogen) atoms. The first-order chi connectivity index (χ1) is 11.2. The number of rotatable bonds is 5. The highest BCUT2D eigenvalue weighted by atomic mass is 19.4. The Morgan fingerprint density at radius 3 is 2.29 bits per heavy atom. The molecule has 2 rings (SSSR count). The normalized spacial score (nSPS) is 13.8. The summed E-state index contributed by atoms with van der Waals surface area (Å²) in [5.74, 6) is 0.223. The highest BCUT2D eigenvalue weighted by Gasteiger charge is 2.33. The molecule has 0 amide bonds. The molecule has 1 aromatic rings. The fourth-order valence-electron chi connectivity index (χ4n) is 1.67. The summed E-state index contributed by atoms with van der Waals surface area (Å²) in [4.78, 5) is 9.57. The SMILES string of the molecule is CNc1cc(C(=N)/C=C\C(=N)N)ccc1C(F)(F)F.O=CC1CC1. The average molecular weight is 340 g/mol. The molecule has 1 aromatic carbocycles. The van der Waals surface area contributed by atoms with Gasteiger partial charge in [0.05, 0.1) is 11.3 Å². The molecular formula is C16H19F3N4O. The van der Waals surface area contributed by atoms with Crippen LogP contribution in [-0.2, 0) is 11.0 Å². The van der Waals surface area contributed by atoms with Gasteiger partial charge in [0.2, 0.25) is 0 Å². The van der Waals surface area contributed by atoms with Crippen LogP contribution >= 0.6 is 0 Å². The largest absolute Gasteiger partial charge is 0.418 e. The summed E-state index contributed by atoms with van der Waals surface area (Å²) >= 11 is 0. The van der Waals surface area contributed by atoms with Crippen LogP contribution in [0.1, 0.15) is 24.0 Å². The zero-order chi connectivity index (χ0) is 18.3. The molecule has 1 saturated carbocycles. The molecule has 1 aliphatic rings. The number of carbonyl (C=O) groups is 1. The fourth-order valence-corrected chi connectivity index (χ4v) is 1.67. The topological polar surface area (TPSA) is 103 Å². The maximum atomic E-state index is 12.7. The Morgan fingerprint density at radius 2 is 1.92 bits per heavy atom. The van der Waals surface area contributed by atoms with Crippen molar-refractivity contribution < 1.29 is 18.0 Å². The molecule has 0 heterocycles. The summed E-state index contributed by atoms with van der Waals surface area (Å²) in [5, 5.41) is 17.1. The van der Waals surface area contributed by atoms with Gasteiger partial charge in [0.15, 0.2) is 0 Å². The van der Waals surface area contributed by atoms with E-state index in [1.54, 1.807) is 0 Å². The summed E-state index contributed by atoms with van der Waals surface area (Å²) < 4.78 is 38.0. The van der Waals surface area contributed by atoms with Gasteiger partial charge in [0.25, 0.3) is 0 Å². The molecule has 0 saturated heterocycles. The third-order valence-corrected chi connectivity index (χ3v) is 3.15. The van der Waals surface area contributed by atoms with E-state index in [1.165, 1.54) is 31.3 Å². The number of benzene rings is 1. The van der Waals surface area contributed by atoms with Gasteiger partial charge in [0, 0.05) is 24.2 Å². The fraction of sp³-hybridized carbons (Fsp3) is 0.312. The van der Waals surface area contributed by atoms with E-state index in [-0.39, 0.29) is 17.2 Å². The maximum Gasteiger partial charge on any atom is 0.418 e. The summed E-state index contributed by atoms with van der Waals surface area (Å²) in [6.07, 6.45) is 1.31. The molecule has 0 atom stereocenters. The van der Waals surface area contributed by atoms with E-state index in [0.29, 0.717) is 11.5 Å². The Bertz CT molecular complexity index is 649. The molecule has 0 aromatic heterocycles. The molecule has 0 spiro atoms. The van der Waals surface area contributed by atoms with Crippen molar-refractivity contribution in [2.45, 2.75) is 19.0 Å². The lowest BCUT2D eigenvalue weighted by Crippen LogP contribution is -2.10. The highest BCUT2D eigenvalue weighted by molar-refractivity contribution is 6.09. The van der Waals surface area contributed by atoms with Crippen molar-refractivity contribution in [2.24, 2.45) is 11.7 Å². The number of halogens is 3. The minimum atomic E-state index is -4.45. The van der Waals surface area contributed by atoms with Crippen molar-refractivity contribution in [1.29, 1.82) is 10.8 Å². The van der Waals surface area contributed by atoms with Crippen LogP contribution in [0.3, 0.4) is 0 Å². The summed E-state index contributed by atoms with van der Waals surface area (Å²) in [7, 11) is 1.38. The molecule has 5 N–H and O–H groups in total. The average Bonchev–Trinajstić information content (AvgIpc) is 3.35. The molecule has 1 fully saturated rings. The standard InChI is InChI=1S/C12H13F3N4.C4H6O/c1-19-10-6-7(9(16)4-5-11(17)18)2-3-8(10)12(13,14)15;5-3-4-1-2-4/h2-6,16,19H,1H3,(H3,17,18);3-4H,1-2H2/b5-4-,16-9?;. The minimum absolute atomic E-state index is 0.0274. The van der Waals surface area contributed by atoms with Gasteiger partial charge >= 0.3 is 6.18 Å². The van der Waals surface area contributed by atoms with Gasteiger partial charge < -0.3 is 21.3 Å². The molecule has 8 heteroatoms. The molecule has 0 aliphatic heterocycles. The van der Waals surface area contributed by atoms with Crippen LogP contribution in [0.2, 0.25) is 0 Å². The number of allylic oxidation sites excluding steroid dienone is 1. The van der Waals surface area contributed by atoms with Gasteiger partial charge in [-0.15, -0.1) is 0 Å². The second-order valence-electron chi connectivity index (χ2n) is 5.18. The first kappa shape index (κ1) is 19.4. The number of carbonyl (C=O) groups excluding carboxylic acids is 1. The van der Waals surface area contributed by atoms with E-state index in [9.17, 15) is 18.0 Å². The Balaban J connectivity index is 0.000000488. The third kappa shape index (κ3) is 6.23. The Hall–Kier alpha value is -2.64. The van der Waals surface area contributed by atoms with E-state index in [2.05, 4.69) is 5.32 Å². The van der Waals surface area contributed by atoms with Gasteiger partial charge in [-0.05, 0) is 37.1 Å². The van der Waals surface area contributed by atoms with Crippen LogP contribution in [0.5, 0.6) is 0 Å². The highest BCUT2D eigenvalue weighted by Crippen LogP contribution is 2.35. The van der Waals surface area contributed by atoms with Crippen molar-refractivity contribution in [3.63, 3.8) is 0 Å². The van der Waals surface area contributed by atoms with Crippen molar-refractivity contribution in [3.05, 3.63) is 41.5 Å². The van der Waals surface area contributed by atoms with Gasteiger partial charge in [-0.2, -0.15) is 13.2 Å². The first-order valence-electron chi connectivity index (χ1n) is 7.14. The Morgan fingerprint density at radius 1 is 1.29 bits per heavy atom. The number of alkyl halides is 3. The summed E-state index contributed by atoms with van der Waals surface area (Å²) in [6, 6.07) is 3.35. The molecule has 0 radical (unpaired) electrons. The quantitative estimate of drug-likeness (QED) is 0.376. The van der Waals surface area contributed by atoms with Crippen LogP contribution in [0.4, 0.5) is 18.9 Å². The molecule has 1 aliphatic carbocycles. The number of hydrogen-bond acceptors (Lipinski definition) is 4. The van der Waals surface area contributed by atoms with E-state index in [1.807, 2.05) is 0 Å². The van der Waals surface area contributed by atoms with Crippen molar-refractivity contribution in [2.75, 3.05) is 12.4 Å². The number of hydrogen-bond donors (Lipinski definition) is 4. The van der Waals surface area contributed by atoms with Crippen LogP contribution in [-0.4, -0.2) is 24.9 Å². The predicted molar refractivity (Wildman–Crippen MR) is 87.7 cm³/mol. The van der Waals surface area contributed by atoms with Gasteiger partial charge in [-0.25, -0.2) is 0 Å². The second-order valence-corrected chi connectivity index (χ2v) is 5.18. The Labute approximate surface area is 137 Å². The van der Waals surface area contributed by atoms with E-state index < -0.39 is 11.7 Å². The third-order valence-electron chi connectivity index (χ3n) is 3.15. The Kier molecular flexibility index (Phi) is 6.69. The van der Waals surface area contributed by atoms with Crippen LogP contribution in [0.25, 0.3) is 0 Å².